The minimum atomic E-state index is 0.707. The smallest absolute Gasteiger partial charge is 0.252 e. The van der Waals surface area contributed by atoms with Gasteiger partial charge in [0.25, 0.3) is 5.78 Å². The van der Waals surface area contributed by atoms with Crippen LogP contribution in [0.4, 0.5) is 0 Å². The van der Waals surface area contributed by atoms with E-state index in [0.717, 1.165) is 29.0 Å². The highest BCUT2D eigenvalue weighted by Crippen LogP contribution is 2.20. The quantitative estimate of drug-likeness (QED) is 0.690. The van der Waals surface area contributed by atoms with Crippen LogP contribution in [0.2, 0.25) is 0 Å². The van der Waals surface area contributed by atoms with Gasteiger partial charge in [0.05, 0.1) is 5.69 Å². The van der Waals surface area contributed by atoms with Crippen LogP contribution in [0.1, 0.15) is 29.9 Å². The monoisotopic (exact) mass is 220 g/mol. The summed E-state index contributed by atoms with van der Waals surface area (Å²) >= 11 is 5.45. The minimum Gasteiger partial charge on any atom is -0.277 e. The molecule has 5 heteroatoms. The molecule has 15 heavy (non-hydrogen) atoms. The maximum atomic E-state index is 5.45. The van der Waals surface area contributed by atoms with Crippen LogP contribution in [0.5, 0.6) is 0 Å². The molecular weight excluding hydrogens is 208 g/mol. The maximum Gasteiger partial charge on any atom is 0.252 e. The van der Waals surface area contributed by atoms with E-state index in [4.69, 9.17) is 12.2 Å². The van der Waals surface area contributed by atoms with Crippen molar-refractivity contribution in [3.8, 4) is 0 Å². The summed E-state index contributed by atoms with van der Waals surface area (Å²) in [5.74, 6) is 1.56. The molecule has 0 unspecified atom stereocenters. The fourth-order valence-corrected chi connectivity index (χ4v) is 2.50. The van der Waals surface area contributed by atoms with Gasteiger partial charge in [0, 0.05) is 5.56 Å². The van der Waals surface area contributed by atoms with E-state index in [9.17, 15) is 0 Å². The second-order valence-corrected chi connectivity index (χ2v) is 4.38. The minimum absolute atomic E-state index is 0.707. The predicted octanol–water partition coefficient (Wildman–Crippen LogP) is 1.97. The van der Waals surface area contributed by atoms with Crippen LogP contribution in [-0.2, 0) is 12.8 Å². The standard InChI is InChI=1S/C10H12N4S/c1-6-11-10-12-8-5-3-2-4-7(8)9(15)14(10)13-6/h2-5H2,1H3,(H,11,12,13). The van der Waals surface area contributed by atoms with E-state index >= 15 is 0 Å². The molecule has 1 aliphatic rings. The van der Waals surface area contributed by atoms with E-state index in [1.54, 1.807) is 0 Å². The molecule has 3 rings (SSSR count). The number of nitrogens with one attached hydrogen (secondary N) is 1. The van der Waals surface area contributed by atoms with Crippen molar-refractivity contribution in [1.29, 1.82) is 0 Å². The Morgan fingerprint density at radius 3 is 2.93 bits per heavy atom. The molecule has 1 aliphatic carbocycles. The number of nitrogens with zero attached hydrogens (tertiary/aromatic N) is 3. The van der Waals surface area contributed by atoms with Crippen LogP contribution in [0, 0.1) is 11.6 Å². The molecule has 4 nitrogen and oxygen atoms in total. The lowest BCUT2D eigenvalue weighted by Crippen LogP contribution is -2.09. The summed E-state index contributed by atoms with van der Waals surface area (Å²) in [6.07, 6.45) is 4.54. The summed E-state index contributed by atoms with van der Waals surface area (Å²) in [6, 6.07) is 0. The van der Waals surface area contributed by atoms with Gasteiger partial charge >= 0.3 is 0 Å². The summed E-state index contributed by atoms with van der Waals surface area (Å²) in [4.78, 5) is 8.86. The first-order valence-corrected chi connectivity index (χ1v) is 5.63. The number of fused-ring (bicyclic) bond motifs is 2. The highest BCUT2D eigenvalue weighted by atomic mass is 32.1. The van der Waals surface area contributed by atoms with E-state index in [1.807, 2.05) is 11.4 Å². The lowest BCUT2D eigenvalue weighted by atomic mass is 9.98. The molecule has 2 heterocycles. The molecule has 0 radical (unpaired) electrons. The van der Waals surface area contributed by atoms with Crippen molar-refractivity contribution in [3.05, 3.63) is 21.7 Å². The first-order valence-electron chi connectivity index (χ1n) is 5.23. The molecule has 0 aromatic carbocycles. The van der Waals surface area contributed by atoms with Gasteiger partial charge in [0.15, 0.2) is 0 Å². The van der Waals surface area contributed by atoms with Crippen LogP contribution >= 0.6 is 12.2 Å². The van der Waals surface area contributed by atoms with Gasteiger partial charge in [-0.3, -0.25) is 5.10 Å². The molecule has 0 saturated heterocycles. The van der Waals surface area contributed by atoms with Crippen LogP contribution in [0.25, 0.3) is 5.78 Å². The molecule has 1 N–H and O–H groups in total. The number of aromatic amines is 1. The van der Waals surface area contributed by atoms with E-state index in [2.05, 4.69) is 15.1 Å². The zero-order valence-electron chi connectivity index (χ0n) is 8.58. The Kier molecular flexibility index (Phi) is 1.88. The van der Waals surface area contributed by atoms with Crippen molar-refractivity contribution in [1.82, 2.24) is 19.6 Å². The Balaban J connectivity index is 2.40. The highest BCUT2D eigenvalue weighted by Gasteiger charge is 2.15. The third-order valence-corrected chi connectivity index (χ3v) is 3.31. The highest BCUT2D eigenvalue weighted by molar-refractivity contribution is 7.71. The Morgan fingerprint density at radius 2 is 2.07 bits per heavy atom. The summed E-state index contributed by atoms with van der Waals surface area (Å²) < 4.78 is 2.67. The number of H-pyrrole nitrogens is 1. The van der Waals surface area contributed by atoms with Crippen LogP contribution < -0.4 is 0 Å². The number of hydrogen-bond donors (Lipinski definition) is 1. The molecular formula is C10H12N4S. The van der Waals surface area contributed by atoms with Gasteiger partial charge in [-0.15, -0.1) is 0 Å². The van der Waals surface area contributed by atoms with Crippen molar-refractivity contribution in [2.75, 3.05) is 0 Å². The molecule has 0 saturated carbocycles. The molecule has 0 fully saturated rings. The molecule has 0 aliphatic heterocycles. The second-order valence-electron chi connectivity index (χ2n) is 3.99. The molecule has 0 amide bonds. The van der Waals surface area contributed by atoms with Crippen molar-refractivity contribution < 1.29 is 0 Å². The van der Waals surface area contributed by atoms with Crippen LogP contribution in [0.3, 0.4) is 0 Å². The molecule has 2 aromatic heterocycles. The van der Waals surface area contributed by atoms with Gasteiger partial charge in [0.2, 0.25) is 0 Å². The molecule has 0 atom stereocenters. The zero-order valence-corrected chi connectivity index (χ0v) is 9.39. The first-order chi connectivity index (χ1) is 7.25. The second kappa shape index (κ2) is 3.13. The number of aromatic nitrogens is 4. The van der Waals surface area contributed by atoms with Gasteiger partial charge in [0.1, 0.15) is 10.5 Å². The van der Waals surface area contributed by atoms with Crippen LogP contribution in [-0.4, -0.2) is 19.6 Å². The Morgan fingerprint density at radius 1 is 1.27 bits per heavy atom. The third kappa shape index (κ3) is 1.30. The summed E-state index contributed by atoms with van der Waals surface area (Å²) in [7, 11) is 0. The average molecular weight is 220 g/mol. The average Bonchev–Trinajstić information content (AvgIpc) is 2.59. The largest absolute Gasteiger partial charge is 0.277 e. The Hall–Kier alpha value is -1.23. The van der Waals surface area contributed by atoms with Crippen LogP contribution in [0.15, 0.2) is 0 Å². The lowest BCUT2D eigenvalue weighted by molar-refractivity contribution is 0.655. The summed E-state index contributed by atoms with van der Waals surface area (Å²) in [6.45, 7) is 1.92. The van der Waals surface area contributed by atoms with Crippen molar-refractivity contribution in [2.24, 2.45) is 0 Å². The van der Waals surface area contributed by atoms with E-state index in [0.29, 0.717) is 5.78 Å². The zero-order chi connectivity index (χ0) is 10.4. The van der Waals surface area contributed by atoms with E-state index in [-0.39, 0.29) is 0 Å². The van der Waals surface area contributed by atoms with Gasteiger partial charge in [-0.2, -0.15) is 4.98 Å². The topological polar surface area (TPSA) is 46.0 Å². The fourth-order valence-electron chi connectivity index (χ4n) is 2.15. The Bertz CT molecular complexity index is 581. The lowest BCUT2D eigenvalue weighted by Gasteiger charge is -2.14. The SMILES string of the molecule is Cc1nc2nc3c(c(=S)n2[nH]1)CCCC3. The van der Waals surface area contributed by atoms with E-state index in [1.165, 1.54) is 18.4 Å². The Labute approximate surface area is 92.4 Å². The number of hydrogen-bond acceptors (Lipinski definition) is 3. The van der Waals surface area contributed by atoms with Crippen molar-refractivity contribution in [2.45, 2.75) is 32.6 Å². The maximum absolute atomic E-state index is 5.45. The fraction of sp³-hybridized carbons (Fsp3) is 0.500. The van der Waals surface area contributed by atoms with Gasteiger partial charge < -0.3 is 0 Å². The van der Waals surface area contributed by atoms with Crippen molar-refractivity contribution >= 4 is 18.0 Å². The molecule has 2 aromatic rings. The molecule has 0 spiro atoms. The molecule has 0 bridgehead atoms. The first kappa shape index (κ1) is 9.03. The van der Waals surface area contributed by atoms with Gasteiger partial charge in [-0.05, 0) is 32.6 Å². The summed E-state index contributed by atoms with van der Waals surface area (Å²) in [5.41, 5.74) is 2.38. The number of aryl methyl sites for hydroxylation is 2. The number of rotatable bonds is 0. The third-order valence-electron chi connectivity index (χ3n) is 2.88. The summed E-state index contributed by atoms with van der Waals surface area (Å²) in [5, 5.41) is 3.12. The molecule has 78 valence electrons. The van der Waals surface area contributed by atoms with Gasteiger partial charge in [-0.25, -0.2) is 9.50 Å². The predicted molar refractivity (Wildman–Crippen MR) is 59.6 cm³/mol. The van der Waals surface area contributed by atoms with E-state index < -0.39 is 0 Å². The van der Waals surface area contributed by atoms with Crippen molar-refractivity contribution in [3.63, 3.8) is 0 Å². The van der Waals surface area contributed by atoms with Gasteiger partial charge in [-0.1, -0.05) is 12.2 Å². The normalized spacial score (nSPS) is 15.5.